The fourth-order valence-corrected chi connectivity index (χ4v) is 4.50. The van der Waals surface area contributed by atoms with E-state index in [1.807, 2.05) is 17.0 Å². The van der Waals surface area contributed by atoms with Crippen molar-refractivity contribution in [2.75, 3.05) is 13.1 Å². The molecule has 3 nitrogen and oxygen atoms in total. The minimum Gasteiger partial charge on any atom is -0.339 e. The first-order chi connectivity index (χ1) is 11.2. The molecule has 1 amide bonds. The van der Waals surface area contributed by atoms with Crippen LogP contribution in [0.2, 0.25) is 0 Å². The Hall–Kier alpha value is -2.16. The molecule has 0 radical (unpaired) electrons. The van der Waals surface area contributed by atoms with Crippen molar-refractivity contribution in [3.63, 3.8) is 0 Å². The fraction of sp³-hybridized carbons (Fsp3) is 0.400. The lowest BCUT2D eigenvalue weighted by Gasteiger charge is -2.40. The summed E-state index contributed by atoms with van der Waals surface area (Å²) in [6.07, 6.45) is 6.74. The molecule has 118 valence electrons. The molecule has 1 spiro atoms. The first kappa shape index (κ1) is 14.4. The van der Waals surface area contributed by atoms with Gasteiger partial charge >= 0.3 is 0 Å². The van der Waals surface area contributed by atoms with Gasteiger partial charge in [-0.2, -0.15) is 0 Å². The predicted octanol–water partition coefficient (Wildman–Crippen LogP) is 3.76. The second-order valence-corrected chi connectivity index (χ2v) is 7.01. The van der Waals surface area contributed by atoms with Crippen LogP contribution in [0.1, 0.15) is 53.6 Å². The summed E-state index contributed by atoms with van der Waals surface area (Å²) in [4.78, 5) is 18.7. The second kappa shape index (κ2) is 5.48. The largest absolute Gasteiger partial charge is 0.339 e. The lowest BCUT2D eigenvalue weighted by atomic mass is 9.73. The number of fused-ring (bicyclic) bond motifs is 2. The Balaban J connectivity index is 1.53. The van der Waals surface area contributed by atoms with E-state index in [1.165, 1.54) is 17.5 Å². The number of pyridine rings is 1. The van der Waals surface area contributed by atoms with Gasteiger partial charge in [-0.05, 0) is 53.9 Å². The van der Waals surface area contributed by atoms with E-state index in [2.05, 4.69) is 36.2 Å². The molecule has 4 rings (SSSR count). The van der Waals surface area contributed by atoms with Crippen LogP contribution in [0.15, 0.2) is 48.8 Å². The smallest absolute Gasteiger partial charge is 0.255 e. The topological polar surface area (TPSA) is 33.2 Å². The van der Waals surface area contributed by atoms with Crippen LogP contribution >= 0.6 is 0 Å². The zero-order chi connectivity index (χ0) is 15.9. The van der Waals surface area contributed by atoms with Gasteiger partial charge in [0.05, 0.1) is 5.56 Å². The molecular formula is C20H22N2O. The van der Waals surface area contributed by atoms with E-state index in [-0.39, 0.29) is 11.3 Å². The van der Waals surface area contributed by atoms with Gasteiger partial charge in [0, 0.05) is 25.5 Å². The molecule has 1 fully saturated rings. The lowest BCUT2D eigenvalue weighted by molar-refractivity contribution is 0.0663. The Bertz CT molecular complexity index is 717. The molecule has 0 bridgehead atoms. The zero-order valence-corrected chi connectivity index (χ0v) is 13.5. The molecule has 23 heavy (non-hydrogen) atoms. The highest BCUT2D eigenvalue weighted by Gasteiger charge is 2.44. The van der Waals surface area contributed by atoms with Crippen LogP contribution in [0, 0.1) is 0 Å². The summed E-state index contributed by atoms with van der Waals surface area (Å²) in [5.74, 6) is 0.749. The number of carbonyl (C=O) groups is 1. The van der Waals surface area contributed by atoms with Crippen molar-refractivity contribution in [3.05, 3.63) is 65.5 Å². The first-order valence-electron chi connectivity index (χ1n) is 8.48. The quantitative estimate of drug-likeness (QED) is 0.803. The average molecular weight is 306 g/mol. The standard InChI is InChI=1S/C20H22N2O/c1-15-13-20(18-7-3-2-6-17(15)18)8-11-22(12-9-20)19(23)16-5-4-10-21-14-16/h2-7,10,14-15H,8-9,11-13H2,1H3. The molecule has 3 heteroatoms. The lowest BCUT2D eigenvalue weighted by Crippen LogP contribution is -2.44. The third-order valence-corrected chi connectivity index (χ3v) is 5.68. The van der Waals surface area contributed by atoms with Crippen LogP contribution < -0.4 is 0 Å². The third-order valence-electron chi connectivity index (χ3n) is 5.68. The number of hydrogen-bond acceptors (Lipinski definition) is 2. The first-order valence-corrected chi connectivity index (χ1v) is 8.48. The number of hydrogen-bond donors (Lipinski definition) is 0. The van der Waals surface area contributed by atoms with E-state index in [1.54, 1.807) is 12.4 Å². The van der Waals surface area contributed by atoms with Crippen LogP contribution in [0.4, 0.5) is 0 Å². The number of nitrogens with zero attached hydrogens (tertiary/aromatic N) is 2. The number of rotatable bonds is 1. The molecule has 1 aromatic heterocycles. The monoisotopic (exact) mass is 306 g/mol. The Morgan fingerprint density at radius 3 is 2.70 bits per heavy atom. The van der Waals surface area contributed by atoms with Gasteiger partial charge < -0.3 is 4.90 Å². The molecule has 2 aliphatic rings. The van der Waals surface area contributed by atoms with E-state index in [4.69, 9.17) is 0 Å². The minimum atomic E-state index is 0.118. The molecule has 0 saturated carbocycles. The Morgan fingerprint density at radius 2 is 1.96 bits per heavy atom. The van der Waals surface area contributed by atoms with Crippen LogP contribution in [0.5, 0.6) is 0 Å². The predicted molar refractivity (Wildman–Crippen MR) is 90.5 cm³/mol. The van der Waals surface area contributed by atoms with Crippen molar-refractivity contribution in [3.8, 4) is 0 Å². The average Bonchev–Trinajstić information content (AvgIpc) is 2.88. The molecule has 1 aliphatic heterocycles. The van der Waals surface area contributed by atoms with Crippen LogP contribution in [0.3, 0.4) is 0 Å². The summed E-state index contributed by atoms with van der Waals surface area (Å²) < 4.78 is 0. The van der Waals surface area contributed by atoms with Gasteiger partial charge in [0.1, 0.15) is 0 Å². The molecule has 1 atom stereocenters. The third kappa shape index (κ3) is 2.35. The highest BCUT2D eigenvalue weighted by atomic mass is 16.2. The Kier molecular flexibility index (Phi) is 3.44. The van der Waals surface area contributed by atoms with Crippen molar-refractivity contribution < 1.29 is 4.79 Å². The maximum absolute atomic E-state index is 12.6. The van der Waals surface area contributed by atoms with Crippen molar-refractivity contribution >= 4 is 5.91 Å². The van der Waals surface area contributed by atoms with Crippen molar-refractivity contribution in [1.82, 2.24) is 9.88 Å². The molecule has 1 saturated heterocycles. The van der Waals surface area contributed by atoms with Crippen LogP contribution in [0.25, 0.3) is 0 Å². The van der Waals surface area contributed by atoms with Crippen molar-refractivity contribution in [2.24, 2.45) is 0 Å². The van der Waals surface area contributed by atoms with Crippen molar-refractivity contribution in [1.29, 1.82) is 0 Å². The summed E-state index contributed by atoms with van der Waals surface area (Å²) in [6.45, 7) is 4.02. The van der Waals surface area contributed by atoms with E-state index in [0.717, 1.165) is 25.9 Å². The molecule has 1 aromatic carbocycles. The summed E-state index contributed by atoms with van der Waals surface area (Å²) in [5, 5.41) is 0. The second-order valence-electron chi connectivity index (χ2n) is 7.01. The Morgan fingerprint density at radius 1 is 1.17 bits per heavy atom. The number of piperidine rings is 1. The molecular weight excluding hydrogens is 284 g/mol. The number of aromatic nitrogens is 1. The van der Waals surface area contributed by atoms with Crippen LogP contribution in [-0.2, 0) is 5.41 Å². The summed E-state index contributed by atoms with van der Waals surface area (Å²) in [5.41, 5.74) is 4.02. The number of amides is 1. The van der Waals surface area contributed by atoms with E-state index >= 15 is 0 Å². The zero-order valence-electron chi connectivity index (χ0n) is 13.5. The van der Waals surface area contributed by atoms with E-state index in [0.29, 0.717) is 11.5 Å². The van der Waals surface area contributed by atoms with Gasteiger partial charge in [0.2, 0.25) is 0 Å². The van der Waals surface area contributed by atoms with Gasteiger partial charge in [0.25, 0.3) is 5.91 Å². The fourth-order valence-electron chi connectivity index (χ4n) is 4.50. The van der Waals surface area contributed by atoms with Crippen LogP contribution in [-0.4, -0.2) is 28.9 Å². The Labute approximate surface area is 137 Å². The molecule has 2 heterocycles. The molecule has 1 unspecified atom stereocenters. The summed E-state index contributed by atoms with van der Waals surface area (Å²) in [7, 11) is 0. The highest BCUT2D eigenvalue weighted by Crippen LogP contribution is 2.51. The minimum absolute atomic E-state index is 0.118. The number of benzene rings is 1. The van der Waals surface area contributed by atoms with E-state index in [9.17, 15) is 4.79 Å². The van der Waals surface area contributed by atoms with Gasteiger partial charge in [-0.25, -0.2) is 0 Å². The van der Waals surface area contributed by atoms with E-state index < -0.39 is 0 Å². The van der Waals surface area contributed by atoms with Gasteiger partial charge in [-0.1, -0.05) is 31.2 Å². The number of likely N-dealkylation sites (tertiary alicyclic amines) is 1. The normalized spacial score (nSPS) is 22.1. The molecule has 1 aliphatic carbocycles. The van der Waals surface area contributed by atoms with Gasteiger partial charge in [-0.15, -0.1) is 0 Å². The van der Waals surface area contributed by atoms with Gasteiger partial charge in [-0.3, -0.25) is 9.78 Å². The SMILES string of the molecule is CC1CC2(CCN(C(=O)c3cccnc3)CC2)c2ccccc21. The maximum Gasteiger partial charge on any atom is 0.255 e. The number of carbonyl (C=O) groups excluding carboxylic acids is 1. The summed E-state index contributed by atoms with van der Waals surface area (Å²) in [6, 6.07) is 12.6. The maximum atomic E-state index is 12.6. The molecule has 2 aromatic rings. The van der Waals surface area contributed by atoms with Crippen molar-refractivity contribution in [2.45, 2.75) is 37.5 Å². The van der Waals surface area contributed by atoms with Gasteiger partial charge in [0.15, 0.2) is 0 Å². The summed E-state index contributed by atoms with van der Waals surface area (Å²) >= 11 is 0. The highest BCUT2D eigenvalue weighted by molar-refractivity contribution is 5.93. The molecule has 0 N–H and O–H groups in total.